The van der Waals surface area contributed by atoms with Crippen molar-refractivity contribution in [2.24, 2.45) is 0 Å². The Bertz CT molecular complexity index is 841. The summed E-state index contributed by atoms with van der Waals surface area (Å²) in [7, 11) is 1.31. The van der Waals surface area contributed by atoms with Gasteiger partial charge in [-0.25, -0.2) is 0 Å². The van der Waals surface area contributed by atoms with Gasteiger partial charge in [-0.05, 0) is 50.1 Å². The van der Waals surface area contributed by atoms with Crippen LogP contribution in [0.25, 0.3) is 0 Å². The smallest absolute Gasteiger partial charge is 0.416 e. The van der Waals surface area contributed by atoms with E-state index in [0.29, 0.717) is 25.4 Å². The van der Waals surface area contributed by atoms with Crippen molar-refractivity contribution in [1.29, 1.82) is 0 Å². The summed E-state index contributed by atoms with van der Waals surface area (Å²) in [5, 5.41) is 5.83. The lowest BCUT2D eigenvalue weighted by Crippen LogP contribution is -2.29. The van der Waals surface area contributed by atoms with Crippen molar-refractivity contribution in [2.45, 2.75) is 32.4 Å². The third-order valence-corrected chi connectivity index (χ3v) is 4.51. The summed E-state index contributed by atoms with van der Waals surface area (Å²) in [5.74, 6) is -0.428. The second-order valence-electron chi connectivity index (χ2n) is 6.76. The largest absolute Gasteiger partial charge is 0.497 e. The number of rotatable bonds is 10. The minimum absolute atomic E-state index is 0.100. The van der Waals surface area contributed by atoms with E-state index in [0.717, 1.165) is 24.1 Å². The van der Waals surface area contributed by atoms with E-state index in [-0.39, 0.29) is 17.3 Å². The number of carbonyl (C=O) groups excluding carboxylic acids is 1. The average Bonchev–Trinajstić information content (AvgIpc) is 2.72. The van der Waals surface area contributed by atoms with Gasteiger partial charge >= 0.3 is 6.18 Å². The van der Waals surface area contributed by atoms with Crippen molar-refractivity contribution in [3.63, 3.8) is 0 Å². The summed E-state index contributed by atoms with van der Waals surface area (Å²) < 4.78 is 49.6. The molecular formula is C22H27F3N2O3. The molecule has 0 saturated heterocycles. The Morgan fingerprint density at radius 3 is 2.57 bits per heavy atom. The van der Waals surface area contributed by atoms with Gasteiger partial charge < -0.3 is 20.1 Å². The zero-order valence-corrected chi connectivity index (χ0v) is 17.3. The monoisotopic (exact) mass is 424 g/mol. The predicted molar refractivity (Wildman–Crippen MR) is 110 cm³/mol. The molecule has 8 heteroatoms. The summed E-state index contributed by atoms with van der Waals surface area (Å²) in [4.78, 5) is 12.4. The standard InChI is InChI=1S/C22H27F3N2O3/c1-4-30-10-6-9-26-21(28)15(2)16-7-5-8-18(11-16)27-19-12-17(22(23,24)25)13-20(14-19)29-3/h5,7-8,11-15,27H,4,6,9-10H2,1-3H3,(H,26,28). The van der Waals surface area contributed by atoms with Crippen LogP contribution in [0.15, 0.2) is 42.5 Å². The fraction of sp³-hybridized carbons (Fsp3) is 0.409. The Kier molecular flexibility index (Phi) is 8.53. The first-order chi connectivity index (χ1) is 14.2. The number of methoxy groups -OCH3 is 1. The van der Waals surface area contributed by atoms with E-state index < -0.39 is 17.7 Å². The molecule has 1 unspecified atom stereocenters. The molecule has 0 fully saturated rings. The van der Waals surface area contributed by atoms with Gasteiger partial charge in [0.25, 0.3) is 0 Å². The quantitative estimate of drug-likeness (QED) is 0.521. The van der Waals surface area contributed by atoms with Crippen LogP contribution >= 0.6 is 0 Å². The molecule has 2 aromatic rings. The van der Waals surface area contributed by atoms with E-state index in [1.807, 2.05) is 13.0 Å². The van der Waals surface area contributed by atoms with Gasteiger partial charge in [-0.2, -0.15) is 13.2 Å². The fourth-order valence-corrected chi connectivity index (χ4v) is 2.84. The number of carbonyl (C=O) groups is 1. The topological polar surface area (TPSA) is 59.6 Å². The van der Waals surface area contributed by atoms with Crippen LogP contribution in [0.4, 0.5) is 24.5 Å². The molecule has 164 valence electrons. The van der Waals surface area contributed by atoms with Crippen LogP contribution in [0.2, 0.25) is 0 Å². The van der Waals surface area contributed by atoms with Gasteiger partial charge in [0.1, 0.15) is 5.75 Å². The van der Waals surface area contributed by atoms with Crippen molar-refractivity contribution in [3.05, 3.63) is 53.6 Å². The van der Waals surface area contributed by atoms with Crippen molar-refractivity contribution in [2.75, 3.05) is 32.2 Å². The molecule has 30 heavy (non-hydrogen) atoms. The molecule has 2 aromatic carbocycles. The van der Waals surface area contributed by atoms with Gasteiger partial charge in [-0.1, -0.05) is 12.1 Å². The molecule has 0 aliphatic carbocycles. The minimum atomic E-state index is -4.48. The number of amides is 1. The normalized spacial score (nSPS) is 12.3. The van der Waals surface area contributed by atoms with Gasteiger partial charge in [0.2, 0.25) is 5.91 Å². The lowest BCUT2D eigenvalue weighted by atomic mass is 9.99. The predicted octanol–water partition coefficient (Wildman–Crippen LogP) is 5.10. The third-order valence-electron chi connectivity index (χ3n) is 4.51. The highest BCUT2D eigenvalue weighted by molar-refractivity contribution is 5.83. The molecule has 0 heterocycles. The minimum Gasteiger partial charge on any atom is -0.497 e. The van der Waals surface area contributed by atoms with E-state index in [9.17, 15) is 18.0 Å². The van der Waals surface area contributed by atoms with Crippen molar-refractivity contribution in [3.8, 4) is 5.75 Å². The number of nitrogens with one attached hydrogen (secondary N) is 2. The SMILES string of the molecule is CCOCCCNC(=O)C(C)c1cccc(Nc2cc(OC)cc(C(F)(F)F)c2)c1. The second-order valence-corrected chi connectivity index (χ2v) is 6.76. The van der Waals surface area contributed by atoms with Gasteiger partial charge in [0, 0.05) is 37.2 Å². The van der Waals surface area contributed by atoms with Crippen LogP contribution in [0.3, 0.4) is 0 Å². The molecule has 0 aliphatic heterocycles. The third kappa shape index (κ3) is 6.95. The number of halogens is 3. The van der Waals surface area contributed by atoms with Crippen LogP contribution in [0.1, 0.15) is 37.3 Å². The fourth-order valence-electron chi connectivity index (χ4n) is 2.84. The van der Waals surface area contributed by atoms with Gasteiger partial charge in [0.15, 0.2) is 0 Å². The Morgan fingerprint density at radius 2 is 1.90 bits per heavy atom. The Hall–Kier alpha value is -2.74. The zero-order valence-electron chi connectivity index (χ0n) is 17.3. The van der Waals surface area contributed by atoms with Crippen LogP contribution in [-0.4, -0.2) is 32.8 Å². The summed E-state index contributed by atoms with van der Waals surface area (Å²) in [5.41, 5.74) is 0.762. The molecular weight excluding hydrogens is 397 g/mol. The maximum atomic E-state index is 13.1. The number of alkyl halides is 3. The summed E-state index contributed by atoms with van der Waals surface area (Å²) in [6.45, 7) is 5.44. The molecule has 0 saturated carbocycles. The Morgan fingerprint density at radius 1 is 1.13 bits per heavy atom. The molecule has 0 bridgehead atoms. The molecule has 0 aliphatic rings. The number of hydrogen-bond donors (Lipinski definition) is 2. The van der Waals surface area contributed by atoms with Crippen LogP contribution in [-0.2, 0) is 15.7 Å². The molecule has 1 amide bonds. The van der Waals surface area contributed by atoms with E-state index in [1.165, 1.54) is 13.2 Å². The van der Waals surface area contributed by atoms with Crippen LogP contribution in [0.5, 0.6) is 5.75 Å². The molecule has 2 N–H and O–H groups in total. The second kappa shape index (κ2) is 10.9. The summed E-state index contributed by atoms with van der Waals surface area (Å²) >= 11 is 0. The van der Waals surface area contributed by atoms with E-state index in [2.05, 4.69) is 10.6 Å². The molecule has 0 aromatic heterocycles. The van der Waals surface area contributed by atoms with Gasteiger partial charge in [-0.3, -0.25) is 4.79 Å². The highest BCUT2D eigenvalue weighted by Crippen LogP contribution is 2.35. The number of hydrogen-bond acceptors (Lipinski definition) is 4. The van der Waals surface area contributed by atoms with E-state index in [4.69, 9.17) is 9.47 Å². The van der Waals surface area contributed by atoms with E-state index in [1.54, 1.807) is 25.1 Å². The van der Waals surface area contributed by atoms with Crippen molar-refractivity contribution >= 4 is 17.3 Å². The number of ether oxygens (including phenoxy) is 2. The maximum absolute atomic E-state index is 13.1. The first-order valence-corrected chi connectivity index (χ1v) is 9.73. The maximum Gasteiger partial charge on any atom is 0.416 e. The first-order valence-electron chi connectivity index (χ1n) is 9.73. The first kappa shape index (κ1) is 23.5. The highest BCUT2D eigenvalue weighted by Gasteiger charge is 2.31. The molecule has 5 nitrogen and oxygen atoms in total. The average molecular weight is 424 g/mol. The Labute approximate surface area is 174 Å². The van der Waals surface area contributed by atoms with Gasteiger partial charge in [0.05, 0.1) is 18.6 Å². The van der Waals surface area contributed by atoms with E-state index >= 15 is 0 Å². The van der Waals surface area contributed by atoms with Crippen molar-refractivity contribution in [1.82, 2.24) is 5.32 Å². The van der Waals surface area contributed by atoms with Crippen LogP contribution in [0, 0.1) is 0 Å². The molecule has 0 spiro atoms. The van der Waals surface area contributed by atoms with Gasteiger partial charge in [-0.15, -0.1) is 0 Å². The lowest BCUT2D eigenvalue weighted by molar-refractivity contribution is -0.137. The lowest BCUT2D eigenvalue weighted by Gasteiger charge is -2.16. The summed E-state index contributed by atoms with van der Waals surface area (Å²) in [6, 6.07) is 10.5. The molecule has 0 radical (unpaired) electrons. The summed E-state index contributed by atoms with van der Waals surface area (Å²) in [6.07, 6.45) is -3.76. The zero-order chi connectivity index (χ0) is 22.1. The number of benzene rings is 2. The number of anilines is 2. The van der Waals surface area contributed by atoms with Crippen molar-refractivity contribution < 1.29 is 27.4 Å². The Balaban J connectivity index is 2.09. The highest BCUT2D eigenvalue weighted by atomic mass is 19.4. The molecule has 2 rings (SSSR count). The van der Waals surface area contributed by atoms with Crippen LogP contribution < -0.4 is 15.4 Å². The molecule has 1 atom stereocenters.